The molecule has 94 valence electrons. The number of likely N-dealkylation sites (tertiary alicyclic amines) is 1. The zero-order valence-corrected chi connectivity index (χ0v) is 11.9. The predicted molar refractivity (Wildman–Crippen MR) is 73.6 cm³/mol. The molecule has 2 N–H and O–H groups in total. The molecule has 1 aromatic heterocycles. The summed E-state index contributed by atoms with van der Waals surface area (Å²) in [5.41, 5.74) is 6.91. The fourth-order valence-electron chi connectivity index (χ4n) is 2.38. The van der Waals surface area contributed by atoms with Crippen LogP contribution in [0.25, 0.3) is 0 Å². The maximum absolute atomic E-state index is 5.78. The van der Waals surface area contributed by atoms with Gasteiger partial charge in [0.15, 0.2) is 0 Å². The SMILES string of the molecule is CC1CCC(CN)CN1Cc1ccc(Br)cn1. The Hall–Kier alpha value is -0.450. The van der Waals surface area contributed by atoms with E-state index in [1.807, 2.05) is 6.20 Å². The van der Waals surface area contributed by atoms with E-state index >= 15 is 0 Å². The summed E-state index contributed by atoms with van der Waals surface area (Å²) < 4.78 is 1.03. The summed E-state index contributed by atoms with van der Waals surface area (Å²) in [5.74, 6) is 0.654. The van der Waals surface area contributed by atoms with Gasteiger partial charge < -0.3 is 5.73 Å². The molecule has 2 atom stereocenters. The van der Waals surface area contributed by atoms with Gasteiger partial charge in [-0.1, -0.05) is 0 Å². The Morgan fingerprint density at radius 3 is 2.94 bits per heavy atom. The molecule has 2 heterocycles. The summed E-state index contributed by atoms with van der Waals surface area (Å²) in [7, 11) is 0. The lowest BCUT2D eigenvalue weighted by Crippen LogP contribution is -2.43. The molecule has 0 aromatic carbocycles. The second-order valence-corrected chi connectivity index (χ2v) is 5.84. The Morgan fingerprint density at radius 1 is 1.47 bits per heavy atom. The van der Waals surface area contributed by atoms with Crippen LogP contribution in [0.3, 0.4) is 0 Å². The van der Waals surface area contributed by atoms with Crippen LogP contribution in [-0.4, -0.2) is 29.0 Å². The van der Waals surface area contributed by atoms with Crippen LogP contribution >= 0.6 is 15.9 Å². The Labute approximate surface area is 112 Å². The fourth-order valence-corrected chi connectivity index (χ4v) is 2.62. The van der Waals surface area contributed by atoms with Gasteiger partial charge in [-0.25, -0.2) is 0 Å². The highest BCUT2D eigenvalue weighted by molar-refractivity contribution is 9.10. The van der Waals surface area contributed by atoms with E-state index in [0.717, 1.165) is 29.8 Å². The van der Waals surface area contributed by atoms with Crippen LogP contribution in [0.1, 0.15) is 25.5 Å². The Balaban J connectivity index is 1.98. The molecule has 0 amide bonds. The highest BCUT2D eigenvalue weighted by atomic mass is 79.9. The zero-order chi connectivity index (χ0) is 12.3. The summed E-state index contributed by atoms with van der Waals surface area (Å²) in [6.45, 7) is 5.14. The molecule has 2 unspecified atom stereocenters. The molecule has 0 bridgehead atoms. The molecular weight excluding hydrogens is 278 g/mol. The molecule has 1 aliphatic rings. The van der Waals surface area contributed by atoms with Crippen molar-refractivity contribution in [2.75, 3.05) is 13.1 Å². The number of hydrogen-bond donors (Lipinski definition) is 1. The van der Waals surface area contributed by atoms with Crippen LogP contribution in [-0.2, 0) is 6.54 Å². The maximum atomic E-state index is 5.78. The third-order valence-electron chi connectivity index (χ3n) is 3.60. The summed E-state index contributed by atoms with van der Waals surface area (Å²) in [6.07, 6.45) is 4.38. The van der Waals surface area contributed by atoms with Gasteiger partial charge >= 0.3 is 0 Å². The minimum absolute atomic E-state index is 0.642. The molecular formula is C13H20BrN3. The molecule has 0 saturated carbocycles. The number of rotatable bonds is 3. The Kier molecular flexibility index (Phi) is 4.54. The summed E-state index contributed by atoms with van der Waals surface area (Å²) in [6, 6.07) is 4.78. The van der Waals surface area contributed by atoms with Crippen molar-refractivity contribution in [2.24, 2.45) is 11.7 Å². The third kappa shape index (κ3) is 3.50. The second kappa shape index (κ2) is 5.94. The maximum Gasteiger partial charge on any atom is 0.0544 e. The lowest BCUT2D eigenvalue weighted by Gasteiger charge is -2.37. The van der Waals surface area contributed by atoms with Crippen molar-refractivity contribution < 1.29 is 0 Å². The van der Waals surface area contributed by atoms with Gasteiger partial charge in [-0.2, -0.15) is 0 Å². The van der Waals surface area contributed by atoms with E-state index in [-0.39, 0.29) is 0 Å². The number of piperidine rings is 1. The molecule has 2 rings (SSSR count). The van der Waals surface area contributed by atoms with Gasteiger partial charge in [-0.05, 0) is 60.3 Å². The van der Waals surface area contributed by atoms with Crippen LogP contribution in [0.15, 0.2) is 22.8 Å². The molecule has 0 radical (unpaired) electrons. The molecule has 4 heteroatoms. The van der Waals surface area contributed by atoms with Crippen molar-refractivity contribution in [3.8, 4) is 0 Å². The van der Waals surface area contributed by atoms with Gasteiger partial charge in [0.2, 0.25) is 0 Å². The zero-order valence-electron chi connectivity index (χ0n) is 10.3. The van der Waals surface area contributed by atoms with Gasteiger partial charge in [0.25, 0.3) is 0 Å². The monoisotopic (exact) mass is 297 g/mol. The molecule has 1 saturated heterocycles. The first-order valence-corrected chi connectivity index (χ1v) is 7.03. The van der Waals surface area contributed by atoms with Crippen molar-refractivity contribution in [3.63, 3.8) is 0 Å². The van der Waals surface area contributed by atoms with Crippen molar-refractivity contribution in [1.29, 1.82) is 0 Å². The average Bonchev–Trinajstić information content (AvgIpc) is 2.35. The summed E-state index contributed by atoms with van der Waals surface area (Å²) in [5, 5.41) is 0. The molecule has 1 aromatic rings. The largest absolute Gasteiger partial charge is 0.330 e. The second-order valence-electron chi connectivity index (χ2n) is 4.93. The Bertz CT molecular complexity index is 352. The minimum Gasteiger partial charge on any atom is -0.330 e. The quantitative estimate of drug-likeness (QED) is 0.932. The minimum atomic E-state index is 0.642. The highest BCUT2D eigenvalue weighted by Crippen LogP contribution is 2.22. The first kappa shape index (κ1) is 13.0. The van der Waals surface area contributed by atoms with E-state index in [9.17, 15) is 0 Å². The fraction of sp³-hybridized carbons (Fsp3) is 0.615. The summed E-state index contributed by atoms with van der Waals surface area (Å²) >= 11 is 3.41. The lowest BCUT2D eigenvalue weighted by atomic mass is 9.93. The standard InChI is InChI=1S/C13H20BrN3/c1-10-2-3-11(6-15)8-17(10)9-13-5-4-12(14)7-16-13/h4-5,7,10-11H,2-3,6,8-9,15H2,1H3. The molecule has 0 aliphatic carbocycles. The number of aromatic nitrogens is 1. The smallest absolute Gasteiger partial charge is 0.0544 e. The van der Waals surface area contributed by atoms with Gasteiger partial charge in [-0.3, -0.25) is 9.88 Å². The predicted octanol–water partition coefficient (Wildman–Crippen LogP) is 2.40. The van der Waals surface area contributed by atoms with Crippen LogP contribution in [0.5, 0.6) is 0 Å². The van der Waals surface area contributed by atoms with Gasteiger partial charge in [0.1, 0.15) is 0 Å². The van der Waals surface area contributed by atoms with Crippen molar-refractivity contribution >= 4 is 15.9 Å². The lowest BCUT2D eigenvalue weighted by molar-refractivity contribution is 0.112. The van der Waals surface area contributed by atoms with E-state index in [0.29, 0.717) is 12.0 Å². The molecule has 1 aliphatic heterocycles. The first-order chi connectivity index (χ1) is 8.19. The number of nitrogens with zero attached hydrogens (tertiary/aromatic N) is 2. The highest BCUT2D eigenvalue weighted by Gasteiger charge is 2.24. The number of halogens is 1. The van der Waals surface area contributed by atoms with E-state index < -0.39 is 0 Å². The first-order valence-electron chi connectivity index (χ1n) is 6.23. The summed E-state index contributed by atoms with van der Waals surface area (Å²) in [4.78, 5) is 6.94. The van der Waals surface area contributed by atoms with Gasteiger partial charge in [0.05, 0.1) is 5.69 Å². The third-order valence-corrected chi connectivity index (χ3v) is 4.06. The van der Waals surface area contributed by atoms with E-state index in [1.54, 1.807) is 0 Å². The van der Waals surface area contributed by atoms with E-state index in [4.69, 9.17) is 5.73 Å². The molecule has 3 nitrogen and oxygen atoms in total. The van der Waals surface area contributed by atoms with Crippen LogP contribution < -0.4 is 5.73 Å². The van der Waals surface area contributed by atoms with Gasteiger partial charge in [-0.15, -0.1) is 0 Å². The van der Waals surface area contributed by atoms with Gasteiger partial charge in [0, 0.05) is 29.8 Å². The van der Waals surface area contributed by atoms with E-state index in [2.05, 4.69) is 44.9 Å². The van der Waals surface area contributed by atoms with Crippen LogP contribution in [0.2, 0.25) is 0 Å². The molecule has 1 fully saturated rings. The molecule has 0 spiro atoms. The topological polar surface area (TPSA) is 42.1 Å². The molecule has 17 heavy (non-hydrogen) atoms. The number of nitrogens with two attached hydrogens (primary N) is 1. The Morgan fingerprint density at radius 2 is 2.29 bits per heavy atom. The number of pyridine rings is 1. The number of hydrogen-bond acceptors (Lipinski definition) is 3. The van der Waals surface area contributed by atoms with Crippen LogP contribution in [0.4, 0.5) is 0 Å². The van der Waals surface area contributed by atoms with Crippen molar-refractivity contribution in [3.05, 3.63) is 28.5 Å². The average molecular weight is 298 g/mol. The van der Waals surface area contributed by atoms with E-state index in [1.165, 1.54) is 12.8 Å². The van der Waals surface area contributed by atoms with Crippen LogP contribution in [0, 0.1) is 5.92 Å². The normalized spacial score (nSPS) is 26.1. The van der Waals surface area contributed by atoms with Crippen molar-refractivity contribution in [1.82, 2.24) is 9.88 Å². The van der Waals surface area contributed by atoms with Crippen molar-refractivity contribution in [2.45, 2.75) is 32.4 Å².